The van der Waals surface area contributed by atoms with Crippen LogP contribution in [0.4, 0.5) is 0 Å². The molecule has 0 amide bonds. The van der Waals surface area contributed by atoms with Crippen molar-refractivity contribution in [2.45, 2.75) is 51.0 Å². The van der Waals surface area contributed by atoms with Gasteiger partial charge in [-0.15, -0.1) is 0 Å². The minimum atomic E-state index is 0.327. The maximum atomic E-state index is 12.1. The summed E-state index contributed by atoms with van der Waals surface area (Å²) in [5.74, 6) is 0.855. The van der Waals surface area contributed by atoms with E-state index in [-0.39, 0.29) is 0 Å². The maximum absolute atomic E-state index is 12.1. The molecular weight excluding hydrogens is 224 g/mol. The van der Waals surface area contributed by atoms with Gasteiger partial charge in [0.2, 0.25) is 0 Å². The molecule has 2 atom stereocenters. The molecule has 1 heterocycles. The average molecular weight is 252 g/mol. The highest BCUT2D eigenvalue weighted by Gasteiger charge is 2.27. The highest BCUT2D eigenvalue weighted by molar-refractivity contribution is 5.81. The average Bonchev–Trinajstić information content (AvgIpc) is 2.55. The van der Waals surface area contributed by atoms with E-state index in [4.69, 9.17) is 0 Å². The first-order valence-electron chi connectivity index (χ1n) is 7.58. The number of hydrogen-bond donors (Lipinski definition) is 0. The molecule has 2 unspecified atom stereocenters. The zero-order valence-corrected chi connectivity index (χ0v) is 12.0. The molecule has 18 heavy (non-hydrogen) atoms. The molecule has 2 aliphatic rings. The van der Waals surface area contributed by atoms with E-state index in [1.165, 1.54) is 32.2 Å². The number of carbonyl (C=O) groups excluding carboxylic acids is 1. The van der Waals surface area contributed by atoms with Gasteiger partial charge in [0, 0.05) is 31.5 Å². The van der Waals surface area contributed by atoms with Gasteiger partial charge in [0.1, 0.15) is 5.78 Å². The molecule has 0 bridgehead atoms. The van der Waals surface area contributed by atoms with Crippen molar-refractivity contribution >= 4 is 5.78 Å². The summed E-state index contributed by atoms with van der Waals surface area (Å²) in [5, 5.41) is 0. The van der Waals surface area contributed by atoms with E-state index in [1.807, 2.05) is 0 Å². The molecule has 3 heteroatoms. The molecule has 3 nitrogen and oxygen atoms in total. The van der Waals surface area contributed by atoms with E-state index >= 15 is 0 Å². The van der Waals surface area contributed by atoms with Gasteiger partial charge in [-0.3, -0.25) is 4.79 Å². The van der Waals surface area contributed by atoms with Crippen LogP contribution in [0.2, 0.25) is 0 Å². The molecule has 0 spiro atoms. The predicted octanol–water partition coefficient (Wildman–Crippen LogP) is 2.16. The van der Waals surface area contributed by atoms with Gasteiger partial charge in [0.15, 0.2) is 0 Å². The fraction of sp³-hybridized carbons (Fsp3) is 0.933. The van der Waals surface area contributed by atoms with Crippen LogP contribution in [0.5, 0.6) is 0 Å². The molecule has 1 saturated carbocycles. The summed E-state index contributed by atoms with van der Waals surface area (Å²) in [6, 6.07) is 0.680. The van der Waals surface area contributed by atoms with Gasteiger partial charge in [-0.1, -0.05) is 12.8 Å². The van der Waals surface area contributed by atoms with E-state index in [0.717, 1.165) is 32.4 Å². The molecule has 0 aromatic rings. The van der Waals surface area contributed by atoms with Crippen LogP contribution < -0.4 is 0 Å². The Morgan fingerprint density at radius 3 is 2.78 bits per heavy atom. The topological polar surface area (TPSA) is 23.6 Å². The van der Waals surface area contributed by atoms with Crippen LogP contribution in [-0.4, -0.2) is 55.4 Å². The highest BCUT2D eigenvalue weighted by Crippen LogP contribution is 2.23. The molecule has 0 radical (unpaired) electrons. The Bertz CT molecular complexity index is 278. The molecule has 1 aliphatic heterocycles. The molecule has 0 aromatic carbocycles. The molecular formula is C15H28N2O. The number of ketones is 1. The summed E-state index contributed by atoms with van der Waals surface area (Å²) in [5.41, 5.74) is 0. The number of carbonyl (C=O) groups is 1. The number of likely N-dealkylation sites (tertiary alicyclic amines) is 1. The van der Waals surface area contributed by atoms with Gasteiger partial charge in [-0.2, -0.15) is 0 Å². The Morgan fingerprint density at radius 1 is 1.17 bits per heavy atom. The van der Waals surface area contributed by atoms with Crippen LogP contribution >= 0.6 is 0 Å². The van der Waals surface area contributed by atoms with Crippen molar-refractivity contribution in [1.29, 1.82) is 0 Å². The van der Waals surface area contributed by atoms with Gasteiger partial charge < -0.3 is 9.80 Å². The molecule has 0 aromatic heterocycles. The summed E-state index contributed by atoms with van der Waals surface area (Å²) >= 11 is 0. The number of Topliss-reactive ketones (excluding diaryl/α,β-unsaturated/α-hetero) is 1. The summed E-state index contributed by atoms with van der Waals surface area (Å²) in [6.07, 6.45) is 8.17. The lowest BCUT2D eigenvalue weighted by molar-refractivity contribution is -0.123. The van der Waals surface area contributed by atoms with E-state index in [9.17, 15) is 4.79 Å². The number of rotatable bonds is 3. The first-order valence-corrected chi connectivity index (χ1v) is 7.58. The van der Waals surface area contributed by atoms with Crippen molar-refractivity contribution in [2.75, 3.05) is 33.7 Å². The van der Waals surface area contributed by atoms with Crippen molar-refractivity contribution in [1.82, 2.24) is 9.80 Å². The van der Waals surface area contributed by atoms with Crippen molar-refractivity contribution in [2.24, 2.45) is 5.92 Å². The van der Waals surface area contributed by atoms with Crippen LogP contribution in [0.1, 0.15) is 44.9 Å². The van der Waals surface area contributed by atoms with Crippen molar-refractivity contribution in [3.05, 3.63) is 0 Å². The molecule has 0 N–H and O–H groups in total. The highest BCUT2D eigenvalue weighted by atomic mass is 16.1. The Morgan fingerprint density at radius 2 is 2.00 bits per heavy atom. The smallest absolute Gasteiger partial charge is 0.137 e. The molecule has 2 rings (SSSR count). The fourth-order valence-corrected chi connectivity index (χ4v) is 3.36. The van der Waals surface area contributed by atoms with Crippen LogP contribution in [-0.2, 0) is 4.79 Å². The molecule has 2 fully saturated rings. The number of nitrogens with zero attached hydrogens (tertiary/aromatic N) is 2. The van der Waals surface area contributed by atoms with E-state index in [2.05, 4.69) is 23.9 Å². The monoisotopic (exact) mass is 252 g/mol. The van der Waals surface area contributed by atoms with Crippen LogP contribution in [0.25, 0.3) is 0 Å². The third-order valence-electron chi connectivity index (χ3n) is 4.62. The Labute approximate surface area is 112 Å². The third-order valence-corrected chi connectivity index (χ3v) is 4.62. The van der Waals surface area contributed by atoms with E-state index in [0.29, 0.717) is 17.7 Å². The molecule has 104 valence electrons. The largest absolute Gasteiger partial charge is 0.305 e. The van der Waals surface area contributed by atoms with Crippen LogP contribution in [0, 0.1) is 5.92 Å². The van der Waals surface area contributed by atoms with Gasteiger partial charge >= 0.3 is 0 Å². The lowest BCUT2D eigenvalue weighted by atomic mass is 9.96. The van der Waals surface area contributed by atoms with E-state index < -0.39 is 0 Å². The Hall–Kier alpha value is -0.410. The number of piperidine rings is 1. The second kappa shape index (κ2) is 6.67. The lowest BCUT2D eigenvalue weighted by Gasteiger charge is -2.37. The van der Waals surface area contributed by atoms with Gasteiger partial charge in [-0.25, -0.2) is 0 Å². The zero-order valence-electron chi connectivity index (χ0n) is 12.0. The van der Waals surface area contributed by atoms with E-state index in [1.54, 1.807) is 0 Å². The Balaban J connectivity index is 1.85. The van der Waals surface area contributed by atoms with Crippen molar-refractivity contribution < 1.29 is 4.79 Å². The lowest BCUT2D eigenvalue weighted by Crippen LogP contribution is -2.47. The summed E-state index contributed by atoms with van der Waals surface area (Å²) < 4.78 is 0. The summed E-state index contributed by atoms with van der Waals surface area (Å²) in [6.45, 7) is 3.36. The number of likely N-dealkylation sites (N-methyl/N-ethyl adjacent to an activating group) is 1. The zero-order chi connectivity index (χ0) is 13.0. The van der Waals surface area contributed by atoms with Crippen LogP contribution in [0.15, 0.2) is 0 Å². The summed E-state index contributed by atoms with van der Waals surface area (Å²) in [4.78, 5) is 16.9. The predicted molar refractivity (Wildman–Crippen MR) is 74.7 cm³/mol. The van der Waals surface area contributed by atoms with Crippen molar-refractivity contribution in [3.8, 4) is 0 Å². The SMILES string of the molecule is CN(C)C1CCCN(CC2CCCCCC2=O)C1. The maximum Gasteiger partial charge on any atom is 0.137 e. The minimum absolute atomic E-state index is 0.327. The second-order valence-electron chi connectivity index (χ2n) is 6.28. The first kappa shape index (κ1) is 14.0. The fourth-order valence-electron chi connectivity index (χ4n) is 3.36. The second-order valence-corrected chi connectivity index (χ2v) is 6.28. The standard InChI is InChI=1S/C15H28N2O/c1-16(2)14-8-6-10-17(12-14)11-13-7-4-3-5-9-15(13)18/h13-14H,3-12H2,1-2H3. The molecule has 1 aliphatic carbocycles. The van der Waals surface area contributed by atoms with Gasteiger partial charge in [0.25, 0.3) is 0 Å². The minimum Gasteiger partial charge on any atom is -0.305 e. The Kier molecular flexibility index (Phi) is 5.19. The third kappa shape index (κ3) is 3.79. The number of hydrogen-bond acceptors (Lipinski definition) is 3. The summed E-state index contributed by atoms with van der Waals surface area (Å²) in [7, 11) is 4.34. The quantitative estimate of drug-likeness (QED) is 0.719. The van der Waals surface area contributed by atoms with Crippen LogP contribution in [0.3, 0.4) is 0 Å². The van der Waals surface area contributed by atoms with Crippen molar-refractivity contribution in [3.63, 3.8) is 0 Å². The van der Waals surface area contributed by atoms with Gasteiger partial charge in [-0.05, 0) is 46.3 Å². The molecule has 1 saturated heterocycles. The van der Waals surface area contributed by atoms with Gasteiger partial charge in [0.05, 0.1) is 0 Å². The first-order chi connectivity index (χ1) is 8.66. The normalized spacial score (nSPS) is 31.6.